The number of amides is 1. The summed E-state index contributed by atoms with van der Waals surface area (Å²) < 4.78 is 4.86. The predicted molar refractivity (Wildman–Crippen MR) is 59.8 cm³/mol. The molecule has 0 saturated carbocycles. The van der Waals surface area contributed by atoms with Crippen molar-refractivity contribution in [2.45, 2.75) is 26.3 Å². The van der Waals surface area contributed by atoms with Crippen LogP contribution in [0.4, 0.5) is 0 Å². The standard InChI is InChI=1S/C11H22N2O2/c1-4-12(5-2)10-6-7-13(8-10)11(14)9-15-3/h10H,4-9H2,1-3H3. The smallest absolute Gasteiger partial charge is 0.248 e. The summed E-state index contributed by atoms with van der Waals surface area (Å²) in [5.74, 6) is 0.118. The molecule has 88 valence electrons. The molecule has 1 amide bonds. The molecule has 0 aromatic carbocycles. The number of likely N-dealkylation sites (tertiary alicyclic amines) is 1. The first-order chi connectivity index (χ1) is 7.22. The summed E-state index contributed by atoms with van der Waals surface area (Å²) in [6.45, 7) is 8.42. The van der Waals surface area contributed by atoms with Gasteiger partial charge < -0.3 is 9.64 Å². The quantitative estimate of drug-likeness (QED) is 0.671. The first-order valence-corrected chi connectivity index (χ1v) is 5.73. The zero-order chi connectivity index (χ0) is 11.3. The minimum absolute atomic E-state index is 0.118. The van der Waals surface area contributed by atoms with Crippen LogP contribution in [-0.4, -0.2) is 61.6 Å². The van der Waals surface area contributed by atoms with Gasteiger partial charge in [-0.15, -0.1) is 0 Å². The molecule has 1 saturated heterocycles. The second kappa shape index (κ2) is 6.08. The third-order valence-corrected chi connectivity index (χ3v) is 3.11. The van der Waals surface area contributed by atoms with Crippen LogP contribution < -0.4 is 0 Å². The van der Waals surface area contributed by atoms with Crippen molar-refractivity contribution in [1.29, 1.82) is 0 Å². The van der Waals surface area contributed by atoms with Gasteiger partial charge >= 0.3 is 0 Å². The maximum atomic E-state index is 11.6. The van der Waals surface area contributed by atoms with Gasteiger partial charge in [-0.1, -0.05) is 13.8 Å². The van der Waals surface area contributed by atoms with Gasteiger partial charge in [0.25, 0.3) is 0 Å². The van der Waals surface area contributed by atoms with Gasteiger partial charge in [0.2, 0.25) is 5.91 Å². The van der Waals surface area contributed by atoms with Crippen molar-refractivity contribution in [1.82, 2.24) is 9.80 Å². The van der Waals surface area contributed by atoms with Crippen molar-refractivity contribution in [2.24, 2.45) is 0 Å². The summed E-state index contributed by atoms with van der Waals surface area (Å²) >= 11 is 0. The minimum atomic E-state index is 0.118. The molecule has 1 heterocycles. The van der Waals surface area contributed by atoms with Crippen LogP contribution in [0.25, 0.3) is 0 Å². The average molecular weight is 214 g/mol. The SMILES string of the molecule is CCN(CC)C1CCN(C(=O)COC)C1. The second-order valence-corrected chi connectivity index (χ2v) is 3.94. The molecule has 1 unspecified atom stereocenters. The number of ether oxygens (including phenoxy) is 1. The molecule has 1 atom stereocenters. The number of carbonyl (C=O) groups is 1. The summed E-state index contributed by atoms with van der Waals surface area (Å²) in [5, 5.41) is 0. The molecule has 1 aliphatic rings. The average Bonchev–Trinajstić information content (AvgIpc) is 2.69. The van der Waals surface area contributed by atoms with E-state index in [1.54, 1.807) is 7.11 Å². The number of likely N-dealkylation sites (N-methyl/N-ethyl adjacent to an activating group) is 1. The molecule has 1 aliphatic heterocycles. The molecule has 4 nitrogen and oxygen atoms in total. The largest absolute Gasteiger partial charge is 0.375 e. The molecule has 1 rings (SSSR count). The lowest BCUT2D eigenvalue weighted by atomic mass is 10.2. The number of nitrogens with zero attached hydrogens (tertiary/aromatic N) is 2. The van der Waals surface area contributed by atoms with Crippen molar-refractivity contribution in [2.75, 3.05) is 39.9 Å². The highest BCUT2D eigenvalue weighted by Crippen LogP contribution is 2.15. The summed E-state index contributed by atoms with van der Waals surface area (Å²) in [6, 6.07) is 0.542. The van der Waals surface area contributed by atoms with Crippen LogP contribution in [0.2, 0.25) is 0 Å². The number of carbonyl (C=O) groups excluding carboxylic acids is 1. The highest BCUT2D eigenvalue weighted by atomic mass is 16.5. The number of rotatable bonds is 5. The molecule has 0 bridgehead atoms. The third-order valence-electron chi connectivity index (χ3n) is 3.11. The fourth-order valence-corrected chi connectivity index (χ4v) is 2.22. The highest BCUT2D eigenvalue weighted by molar-refractivity contribution is 5.77. The molecule has 15 heavy (non-hydrogen) atoms. The summed E-state index contributed by atoms with van der Waals surface area (Å²) in [6.07, 6.45) is 1.09. The van der Waals surface area contributed by atoms with Crippen molar-refractivity contribution >= 4 is 5.91 Å². The molecular weight excluding hydrogens is 192 g/mol. The van der Waals surface area contributed by atoms with E-state index in [-0.39, 0.29) is 12.5 Å². The molecule has 1 fully saturated rings. The van der Waals surface area contributed by atoms with E-state index in [0.29, 0.717) is 6.04 Å². The summed E-state index contributed by atoms with van der Waals surface area (Å²) in [4.78, 5) is 15.9. The van der Waals surface area contributed by atoms with Gasteiger partial charge in [0, 0.05) is 26.2 Å². The highest BCUT2D eigenvalue weighted by Gasteiger charge is 2.28. The van der Waals surface area contributed by atoms with Crippen molar-refractivity contribution < 1.29 is 9.53 Å². The van der Waals surface area contributed by atoms with Gasteiger partial charge in [-0.25, -0.2) is 0 Å². The maximum Gasteiger partial charge on any atom is 0.248 e. The van der Waals surface area contributed by atoms with E-state index < -0.39 is 0 Å². The molecule has 0 aromatic heterocycles. The van der Waals surface area contributed by atoms with Gasteiger partial charge in [0.05, 0.1) is 0 Å². The van der Waals surface area contributed by atoms with E-state index in [1.807, 2.05) is 4.90 Å². The molecular formula is C11H22N2O2. The Morgan fingerprint density at radius 2 is 2.13 bits per heavy atom. The van der Waals surface area contributed by atoms with Gasteiger partial charge in [0.15, 0.2) is 0 Å². The zero-order valence-corrected chi connectivity index (χ0v) is 10.0. The first kappa shape index (κ1) is 12.5. The van der Waals surface area contributed by atoms with E-state index >= 15 is 0 Å². The normalized spacial score (nSPS) is 21.3. The van der Waals surface area contributed by atoms with Crippen LogP contribution >= 0.6 is 0 Å². The Hall–Kier alpha value is -0.610. The summed E-state index contributed by atoms with van der Waals surface area (Å²) in [7, 11) is 1.57. The Kier molecular flexibility index (Phi) is 5.05. The van der Waals surface area contributed by atoms with Crippen LogP contribution in [0, 0.1) is 0 Å². The van der Waals surface area contributed by atoms with Crippen LogP contribution in [0.3, 0.4) is 0 Å². The topological polar surface area (TPSA) is 32.8 Å². The monoisotopic (exact) mass is 214 g/mol. The van der Waals surface area contributed by atoms with E-state index in [9.17, 15) is 4.79 Å². The Balaban J connectivity index is 2.41. The fraction of sp³-hybridized carbons (Fsp3) is 0.909. The van der Waals surface area contributed by atoms with Crippen molar-refractivity contribution in [3.05, 3.63) is 0 Å². The van der Waals surface area contributed by atoms with Gasteiger partial charge in [0.1, 0.15) is 6.61 Å². The second-order valence-electron chi connectivity index (χ2n) is 3.94. The molecule has 0 spiro atoms. The van der Waals surface area contributed by atoms with Crippen molar-refractivity contribution in [3.8, 4) is 0 Å². The van der Waals surface area contributed by atoms with E-state index in [0.717, 1.165) is 32.6 Å². The molecule has 0 N–H and O–H groups in total. The Morgan fingerprint density at radius 3 is 2.67 bits per heavy atom. The van der Waals surface area contributed by atoms with Gasteiger partial charge in [-0.3, -0.25) is 9.69 Å². The van der Waals surface area contributed by atoms with Crippen molar-refractivity contribution in [3.63, 3.8) is 0 Å². The third kappa shape index (κ3) is 3.18. The molecule has 0 aliphatic carbocycles. The molecule has 4 heteroatoms. The Labute approximate surface area is 92.2 Å². The van der Waals surface area contributed by atoms with E-state index in [1.165, 1.54) is 0 Å². The maximum absolute atomic E-state index is 11.6. The lowest BCUT2D eigenvalue weighted by molar-refractivity contribution is -0.134. The van der Waals surface area contributed by atoms with Crippen LogP contribution in [0.15, 0.2) is 0 Å². The first-order valence-electron chi connectivity index (χ1n) is 5.73. The van der Waals surface area contributed by atoms with Gasteiger partial charge in [-0.05, 0) is 19.5 Å². The Morgan fingerprint density at radius 1 is 1.47 bits per heavy atom. The van der Waals surface area contributed by atoms with Crippen LogP contribution in [-0.2, 0) is 9.53 Å². The minimum Gasteiger partial charge on any atom is -0.375 e. The summed E-state index contributed by atoms with van der Waals surface area (Å²) in [5.41, 5.74) is 0. The van der Waals surface area contributed by atoms with Crippen LogP contribution in [0.5, 0.6) is 0 Å². The number of hydrogen-bond acceptors (Lipinski definition) is 3. The van der Waals surface area contributed by atoms with Crippen LogP contribution in [0.1, 0.15) is 20.3 Å². The zero-order valence-electron chi connectivity index (χ0n) is 10.0. The molecule has 0 aromatic rings. The predicted octanol–water partition coefficient (Wildman–Crippen LogP) is 0.575. The number of hydrogen-bond donors (Lipinski definition) is 0. The van der Waals surface area contributed by atoms with Gasteiger partial charge in [-0.2, -0.15) is 0 Å². The lowest BCUT2D eigenvalue weighted by Crippen LogP contribution is -2.39. The molecule has 0 radical (unpaired) electrons. The Bertz CT molecular complexity index is 205. The van der Waals surface area contributed by atoms with E-state index in [4.69, 9.17) is 4.74 Å². The lowest BCUT2D eigenvalue weighted by Gasteiger charge is -2.26. The van der Waals surface area contributed by atoms with E-state index in [2.05, 4.69) is 18.7 Å². The fourth-order valence-electron chi connectivity index (χ4n) is 2.22. The number of methoxy groups -OCH3 is 1.